The molecule has 0 spiro atoms. The van der Waals surface area contributed by atoms with Crippen LogP contribution in [-0.4, -0.2) is 47.3 Å². The quantitative estimate of drug-likeness (QED) is 0.398. The molecular formula is C8H17N3O4S2. The number of nitrogens with zero attached hydrogens (tertiary/aromatic N) is 2. The van der Waals surface area contributed by atoms with Gasteiger partial charge in [-0.15, -0.1) is 0 Å². The Kier molecular flexibility index (Phi) is 6.72. The molecule has 1 aliphatic rings. The van der Waals surface area contributed by atoms with E-state index in [0.717, 1.165) is 5.70 Å². The number of nitrogens with two attached hydrogens (primary N) is 1. The number of allylic oxidation sites excluding steroid dienone is 1. The first-order valence-electron chi connectivity index (χ1n) is 4.69. The highest BCUT2D eigenvalue weighted by Gasteiger charge is 2.21. The predicted octanol–water partition coefficient (Wildman–Crippen LogP) is -1.11. The first-order chi connectivity index (χ1) is 7.61. The van der Waals surface area contributed by atoms with Crippen molar-refractivity contribution in [2.75, 3.05) is 19.1 Å². The zero-order chi connectivity index (χ0) is 13.6. The fourth-order valence-electron chi connectivity index (χ4n) is 0.934. The van der Waals surface area contributed by atoms with E-state index in [0.29, 0.717) is 12.0 Å². The van der Waals surface area contributed by atoms with Gasteiger partial charge in [-0.05, 0) is 25.8 Å². The molecule has 7 nitrogen and oxygen atoms in total. The van der Waals surface area contributed by atoms with Gasteiger partial charge in [-0.25, -0.2) is 18.3 Å². The lowest BCUT2D eigenvalue weighted by molar-refractivity contribution is -0.758. The second-order valence-electron chi connectivity index (χ2n) is 3.48. The first-order valence-corrected chi connectivity index (χ1v) is 7.45. The maximum atomic E-state index is 10.7. The molecule has 0 aromatic carbocycles. The maximum Gasteiger partial charge on any atom is 0.141 e. The molecule has 0 atom stereocenters. The van der Waals surface area contributed by atoms with Gasteiger partial charge in [-0.2, -0.15) is 0 Å². The molecule has 2 N–H and O–H groups in total. The van der Waals surface area contributed by atoms with E-state index in [1.165, 1.54) is 11.9 Å². The summed E-state index contributed by atoms with van der Waals surface area (Å²) in [4.78, 5) is 10.7. The third kappa shape index (κ3) is 9.12. The van der Waals surface area contributed by atoms with Gasteiger partial charge in [0.1, 0.15) is 12.0 Å². The van der Waals surface area contributed by atoms with Crippen LogP contribution in [0.2, 0.25) is 0 Å². The van der Waals surface area contributed by atoms with Gasteiger partial charge in [0, 0.05) is 6.26 Å². The van der Waals surface area contributed by atoms with Crippen molar-refractivity contribution >= 4 is 27.8 Å². The molecule has 0 amide bonds. The van der Waals surface area contributed by atoms with Crippen molar-refractivity contribution in [3.63, 3.8) is 0 Å². The number of carbonyl (C=O) groups is 1. The number of hydrazine groups is 1. The Balaban J connectivity index is 0.000000437. The van der Waals surface area contributed by atoms with Crippen molar-refractivity contribution in [3.8, 4) is 0 Å². The Morgan fingerprint density at radius 3 is 2.35 bits per heavy atom. The zero-order valence-electron chi connectivity index (χ0n) is 10.2. The monoisotopic (exact) mass is 283 g/mol. The molecule has 0 aliphatic carbocycles. The Morgan fingerprint density at radius 2 is 2.06 bits per heavy atom. The second kappa shape index (κ2) is 6.97. The molecule has 0 bridgehead atoms. The van der Waals surface area contributed by atoms with E-state index in [1.54, 1.807) is 6.92 Å². The lowest BCUT2D eigenvalue weighted by atomic mass is 10.5. The normalized spacial score (nSPS) is 16.3. The van der Waals surface area contributed by atoms with Gasteiger partial charge in [0.15, 0.2) is 0 Å². The average Bonchev–Trinajstić information content (AvgIpc) is 2.40. The van der Waals surface area contributed by atoms with Gasteiger partial charge in [0.05, 0.1) is 28.6 Å². The lowest BCUT2D eigenvalue weighted by Crippen LogP contribution is -2.86. The molecular weight excluding hydrogens is 266 g/mol. The summed E-state index contributed by atoms with van der Waals surface area (Å²) in [5.74, 6) is 0.733. The summed E-state index contributed by atoms with van der Waals surface area (Å²) in [6, 6.07) is 0. The third-order valence-electron chi connectivity index (χ3n) is 1.51. The van der Waals surface area contributed by atoms with Gasteiger partial charge >= 0.3 is 0 Å². The van der Waals surface area contributed by atoms with Crippen LogP contribution in [0, 0.1) is 0 Å². The molecule has 0 aromatic heterocycles. The van der Waals surface area contributed by atoms with Gasteiger partial charge in [-0.3, -0.25) is 4.79 Å². The van der Waals surface area contributed by atoms with Crippen molar-refractivity contribution in [2.45, 2.75) is 13.8 Å². The number of hydrogen-bond acceptors (Lipinski definition) is 7. The molecule has 0 saturated heterocycles. The smallest absolute Gasteiger partial charge is 0.141 e. The molecule has 0 saturated carbocycles. The Labute approximate surface area is 106 Å². The highest BCUT2D eigenvalue weighted by molar-refractivity contribution is 7.97. The lowest BCUT2D eigenvalue weighted by Gasteiger charge is -2.20. The van der Waals surface area contributed by atoms with Crippen molar-refractivity contribution < 1.29 is 23.2 Å². The van der Waals surface area contributed by atoms with Crippen molar-refractivity contribution in [1.29, 1.82) is 0 Å². The molecule has 0 fully saturated rings. The van der Waals surface area contributed by atoms with E-state index in [2.05, 4.69) is 0 Å². The third-order valence-corrected chi connectivity index (χ3v) is 2.84. The summed E-state index contributed by atoms with van der Waals surface area (Å²) in [5.41, 5.74) is 3.13. The Hall–Kier alpha value is -0.610. The van der Waals surface area contributed by atoms with Crippen LogP contribution in [0.5, 0.6) is 0 Å². The van der Waals surface area contributed by atoms with Crippen LogP contribution < -0.4 is 5.43 Å². The van der Waals surface area contributed by atoms with Gasteiger partial charge < -0.3 is 4.55 Å². The zero-order valence-corrected chi connectivity index (χ0v) is 11.8. The summed E-state index contributed by atoms with van der Waals surface area (Å²) in [7, 11) is -1.96. The fraction of sp³-hybridized carbons (Fsp3) is 0.625. The van der Waals surface area contributed by atoms with E-state index in [4.69, 9.17) is 13.0 Å². The number of carbonyl (C=O) groups excluding carboxylic acids is 1. The minimum Gasteiger partial charge on any atom is -0.748 e. The van der Waals surface area contributed by atoms with Crippen molar-refractivity contribution in [1.82, 2.24) is 9.53 Å². The molecule has 0 aromatic rings. The van der Waals surface area contributed by atoms with Crippen LogP contribution in [0.25, 0.3) is 0 Å². The van der Waals surface area contributed by atoms with Crippen LogP contribution in [0.4, 0.5) is 0 Å². The highest BCUT2D eigenvalue weighted by Crippen LogP contribution is 2.18. The van der Waals surface area contributed by atoms with Gasteiger partial charge in [0.25, 0.3) is 0 Å². The molecule has 1 heterocycles. The summed E-state index contributed by atoms with van der Waals surface area (Å²) >= 11 is 1.52. The van der Waals surface area contributed by atoms with Crippen LogP contribution in [0.3, 0.4) is 0 Å². The molecule has 17 heavy (non-hydrogen) atoms. The molecule has 0 unspecified atom stereocenters. The number of Topliss-reactive ketones (excluding diaryl/α,β-unsaturated/α-hetero) is 1. The number of quaternary nitrogens is 1. The van der Waals surface area contributed by atoms with Crippen LogP contribution in [0.1, 0.15) is 13.8 Å². The van der Waals surface area contributed by atoms with E-state index >= 15 is 0 Å². The standard InChI is InChI=1S/C7H13N3OS.CH4O3S/c1-6-4-8-9(3)10(6)12-5-7(2)11;1-5(2,3)4/h4,8H,5H2,1-3H3;1H3,(H,2,3,4). The molecule has 0 radical (unpaired) electrons. The minimum absolute atomic E-state index is 0.202. The van der Waals surface area contributed by atoms with Crippen LogP contribution in [0.15, 0.2) is 11.9 Å². The summed E-state index contributed by atoms with van der Waals surface area (Å²) in [6.45, 7) is 3.62. The maximum absolute atomic E-state index is 10.7. The predicted molar refractivity (Wildman–Crippen MR) is 64.0 cm³/mol. The molecule has 1 rings (SSSR count). The SMILES string of the molecule is CC(=O)CSN1C(C)=C[NH2+]N1C.CS(=O)(=O)[O-]. The van der Waals surface area contributed by atoms with Crippen LogP contribution in [-0.2, 0) is 14.9 Å². The summed E-state index contributed by atoms with van der Waals surface area (Å²) < 4.78 is 29.2. The topological polar surface area (TPSA) is 97.4 Å². The van der Waals surface area contributed by atoms with E-state index in [-0.39, 0.29) is 5.78 Å². The number of rotatable bonds is 3. The van der Waals surface area contributed by atoms with Crippen molar-refractivity contribution in [2.24, 2.45) is 0 Å². The molecule has 1 aliphatic heterocycles. The van der Waals surface area contributed by atoms with Crippen LogP contribution >= 0.6 is 11.9 Å². The molecule has 9 heteroatoms. The minimum atomic E-state index is -3.92. The number of ketones is 1. The fourth-order valence-corrected chi connectivity index (χ4v) is 1.74. The second-order valence-corrected chi connectivity index (χ2v) is 5.78. The van der Waals surface area contributed by atoms with E-state index < -0.39 is 10.1 Å². The molecule has 100 valence electrons. The first kappa shape index (κ1) is 16.4. The Morgan fingerprint density at radius 1 is 1.59 bits per heavy atom. The van der Waals surface area contributed by atoms with E-state index in [1.807, 2.05) is 35.1 Å². The summed E-state index contributed by atoms with van der Waals surface area (Å²) in [5, 5.41) is 1.96. The average molecular weight is 283 g/mol. The summed E-state index contributed by atoms with van der Waals surface area (Å²) in [6.07, 6.45) is 2.63. The van der Waals surface area contributed by atoms with Gasteiger partial charge in [0.2, 0.25) is 0 Å². The highest BCUT2D eigenvalue weighted by atomic mass is 32.2. The van der Waals surface area contributed by atoms with Gasteiger partial charge in [-0.1, -0.05) is 5.12 Å². The van der Waals surface area contributed by atoms with E-state index in [9.17, 15) is 4.79 Å². The largest absolute Gasteiger partial charge is 0.748 e. The number of hydrogen-bond donors (Lipinski definition) is 1. The Bertz CT molecular complexity index is 386. The van der Waals surface area contributed by atoms with Crippen molar-refractivity contribution in [3.05, 3.63) is 11.9 Å².